The van der Waals surface area contributed by atoms with Gasteiger partial charge in [0, 0.05) is 18.0 Å². The first-order valence-electron chi connectivity index (χ1n) is 4.94. The topological polar surface area (TPSA) is 82.2 Å². The molecule has 0 saturated heterocycles. The minimum atomic E-state index is -4.81. The van der Waals surface area contributed by atoms with Crippen molar-refractivity contribution in [2.75, 3.05) is 6.54 Å². The first-order chi connectivity index (χ1) is 8.21. The quantitative estimate of drug-likeness (QED) is 0.736. The van der Waals surface area contributed by atoms with Gasteiger partial charge in [0.2, 0.25) is 0 Å². The number of pyridine rings is 1. The minimum absolute atomic E-state index is 0.310. The van der Waals surface area contributed by atoms with Crippen LogP contribution in [-0.4, -0.2) is 34.8 Å². The van der Waals surface area contributed by atoms with E-state index >= 15 is 0 Å². The standard InChI is InChI=1S/C10H11F3N2O3/c1-5-2-7(16)6(3-14-5)9(18)15-4-8(17)10(11,12)13/h2-3,8,17H,4H2,1H3,(H,14,16)(H,15,18). The Morgan fingerprint density at radius 1 is 1.56 bits per heavy atom. The molecule has 1 unspecified atom stereocenters. The fraction of sp³-hybridized carbons (Fsp3) is 0.400. The summed E-state index contributed by atoms with van der Waals surface area (Å²) < 4.78 is 35.9. The molecule has 0 bridgehead atoms. The molecular weight excluding hydrogens is 253 g/mol. The van der Waals surface area contributed by atoms with Gasteiger partial charge in [0.15, 0.2) is 11.5 Å². The van der Waals surface area contributed by atoms with Crippen molar-refractivity contribution < 1.29 is 23.1 Å². The second kappa shape index (κ2) is 5.21. The zero-order chi connectivity index (χ0) is 13.9. The van der Waals surface area contributed by atoms with Gasteiger partial charge in [-0.05, 0) is 6.92 Å². The Kier molecular flexibility index (Phi) is 4.12. The van der Waals surface area contributed by atoms with Crippen LogP contribution in [0, 0.1) is 6.92 Å². The Hall–Kier alpha value is -1.83. The van der Waals surface area contributed by atoms with Gasteiger partial charge in [-0.15, -0.1) is 0 Å². The number of carbonyl (C=O) groups is 1. The van der Waals surface area contributed by atoms with E-state index in [1.165, 1.54) is 0 Å². The van der Waals surface area contributed by atoms with Gasteiger partial charge in [-0.2, -0.15) is 13.2 Å². The zero-order valence-corrected chi connectivity index (χ0v) is 9.34. The van der Waals surface area contributed by atoms with Crippen LogP contribution in [0.4, 0.5) is 13.2 Å². The van der Waals surface area contributed by atoms with Crippen LogP contribution in [0.5, 0.6) is 0 Å². The van der Waals surface area contributed by atoms with Crippen LogP contribution < -0.4 is 10.7 Å². The molecule has 0 saturated carbocycles. The number of aliphatic hydroxyl groups excluding tert-OH is 1. The molecule has 0 radical (unpaired) electrons. The van der Waals surface area contributed by atoms with Crippen LogP contribution in [0.15, 0.2) is 17.1 Å². The van der Waals surface area contributed by atoms with Gasteiger partial charge >= 0.3 is 6.18 Å². The summed E-state index contributed by atoms with van der Waals surface area (Å²) in [5.74, 6) is -0.973. The number of hydrogen-bond acceptors (Lipinski definition) is 3. The predicted octanol–water partition coefficient (Wildman–Crippen LogP) is 0.336. The molecule has 1 amide bonds. The van der Waals surface area contributed by atoms with Gasteiger partial charge in [-0.3, -0.25) is 9.59 Å². The molecule has 100 valence electrons. The molecule has 1 aromatic rings. The second-order valence-electron chi connectivity index (χ2n) is 3.66. The summed E-state index contributed by atoms with van der Waals surface area (Å²) in [6, 6.07) is 1.15. The molecule has 0 aliphatic heterocycles. The van der Waals surface area contributed by atoms with E-state index in [2.05, 4.69) is 4.98 Å². The SMILES string of the molecule is Cc1cc(=O)c(C(=O)NCC(O)C(F)(F)F)c[nH]1. The molecule has 1 heterocycles. The Morgan fingerprint density at radius 3 is 2.67 bits per heavy atom. The van der Waals surface area contributed by atoms with E-state index in [4.69, 9.17) is 5.11 Å². The predicted molar refractivity (Wildman–Crippen MR) is 56.2 cm³/mol. The molecule has 0 aliphatic rings. The van der Waals surface area contributed by atoms with E-state index < -0.39 is 30.2 Å². The number of alkyl halides is 3. The van der Waals surface area contributed by atoms with Crippen molar-refractivity contribution in [3.63, 3.8) is 0 Å². The average Bonchev–Trinajstić information content (AvgIpc) is 2.24. The van der Waals surface area contributed by atoms with Crippen molar-refractivity contribution in [2.45, 2.75) is 19.2 Å². The highest BCUT2D eigenvalue weighted by Crippen LogP contribution is 2.19. The summed E-state index contributed by atoms with van der Waals surface area (Å²) in [6.07, 6.45) is -6.37. The summed E-state index contributed by atoms with van der Waals surface area (Å²) in [4.78, 5) is 25.4. The van der Waals surface area contributed by atoms with Crippen LogP contribution in [0.3, 0.4) is 0 Å². The molecule has 5 nitrogen and oxygen atoms in total. The third kappa shape index (κ3) is 3.59. The van der Waals surface area contributed by atoms with E-state index in [-0.39, 0.29) is 5.56 Å². The maximum absolute atomic E-state index is 12.0. The van der Waals surface area contributed by atoms with E-state index in [0.29, 0.717) is 5.69 Å². The summed E-state index contributed by atoms with van der Waals surface area (Å²) in [6.45, 7) is 0.589. The van der Waals surface area contributed by atoms with E-state index in [1.54, 1.807) is 6.92 Å². The van der Waals surface area contributed by atoms with E-state index in [1.807, 2.05) is 5.32 Å². The van der Waals surface area contributed by atoms with Gasteiger partial charge in [-0.25, -0.2) is 0 Å². The Bertz CT molecular complexity index is 496. The smallest absolute Gasteiger partial charge is 0.382 e. The van der Waals surface area contributed by atoms with Crippen molar-refractivity contribution in [2.24, 2.45) is 0 Å². The van der Waals surface area contributed by atoms with Crippen LogP contribution in [-0.2, 0) is 0 Å². The summed E-state index contributed by atoms with van der Waals surface area (Å²) in [7, 11) is 0. The largest absolute Gasteiger partial charge is 0.416 e. The van der Waals surface area contributed by atoms with Gasteiger partial charge < -0.3 is 15.4 Å². The molecule has 18 heavy (non-hydrogen) atoms. The van der Waals surface area contributed by atoms with Crippen LogP contribution in [0.1, 0.15) is 16.1 Å². The van der Waals surface area contributed by atoms with Crippen LogP contribution in [0.2, 0.25) is 0 Å². The molecule has 8 heteroatoms. The van der Waals surface area contributed by atoms with Crippen molar-refractivity contribution in [3.05, 3.63) is 33.7 Å². The first kappa shape index (κ1) is 14.2. The highest BCUT2D eigenvalue weighted by Gasteiger charge is 2.38. The van der Waals surface area contributed by atoms with Gasteiger partial charge in [0.05, 0.1) is 6.54 Å². The molecule has 0 aliphatic carbocycles. The molecular formula is C10H11F3N2O3. The van der Waals surface area contributed by atoms with Crippen molar-refractivity contribution in [1.82, 2.24) is 10.3 Å². The minimum Gasteiger partial charge on any atom is -0.382 e. The van der Waals surface area contributed by atoms with Crippen LogP contribution >= 0.6 is 0 Å². The lowest BCUT2D eigenvalue weighted by molar-refractivity contribution is -0.201. The van der Waals surface area contributed by atoms with Crippen LogP contribution in [0.25, 0.3) is 0 Å². The summed E-state index contributed by atoms with van der Waals surface area (Å²) in [5, 5.41) is 10.5. The van der Waals surface area contributed by atoms with E-state index in [0.717, 1.165) is 12.3 Å². The number of aliphatic hydroxyl groups is 1. The highest BCUT2D eigenvalue weighted by atomic mass is 19.4. The number of aromatic amines is 1. The molecule has 1 atom stereocenters. The second-order valence-corrected chi connectivity index (χ2v) is 3.66. The summed E-state index contributed by atoms with van der Waals surface area (Å²) >= 11 is 0. The van der Waals surface area contributed by atoms with Crippen molar-refractivity contribution in [3.8, 4) is 0 Å². The number of aryl methyl sites for hydroxylation is 1. The lowest BCUT2D eigenvalue weighted by Crippen LogP contribution is -2.41. The molecule has 0 spiro atoms. The maximum Gasteiger partial charge on any atom is 0.416 e. The number of carbonyl (C=O) groups excluding carboxylic acids is 1. The lowest BCUT2D eigenvalue weighted by Gasteiger charge is -2.14. The Balaban J connectivity index is 2.70. The molecule has 0 fully saturated rings. The van der Waals surface area contributed by atoms with Gasteiger partial charge in [0.1, 0.15) is 5.56 Å². The fourth-order valence-corrected chi connectivity index (χ4v) is 1.15. The molecule has 1 aromatic heterocycles. The van der Waals surface area contributed by atoms with Crippen molar-refractivity contribution in [1.29, 1.82) is 0 Å². The molecule has 0 aromatic carbocycles. The maximum atomic E-state index is 12.0. The summed E-state index contributed by atoms with van der Waals surface area (Å²) in [5.41, 5.74) is -0.396. The molecule has 1 rings (SSSR count). The average molecular weight is 264 g/mol. The first-order valence-corrected chi connectivity index (χ1v) is 4.94. The van der Waals surface area contributed by atoms with Gasteiger partial charge in [-0.1, -0.05) is 0 Å². The zero-order valence-electron chi connectivity index (χ0n) is 9.34. The highest BCUT2D eigenvalue weighted by molar-refractivity contribution is 5.93. The Morgan fingerprint density at radius 2 is 2.17 bits per heavy atom. The number of rotatable bonds is 3. The van der Waals surface area contributed by atoms with E-state index in [9.17, 15) is 22.8 Å². The van der Waals surface area contributed by atoms with Gasteiger partial charge in [0.25, 0.3) is 5.91 Å². The number of amides is 1. The third-order valence-corrected chi connectivity index (χ3v) is 2.14. The van der Waals surface area contributed by atoms with Crippen molar-refractivity contribution >= 4 is 5.91 Å². The Labute approximate surface area is 99.6 Å². The number of aromatic nitrogens is 1. The number of H-pyrrole nitrogens is 1. The number of hydrogen-bond donors (Lipinski definition) is 3. The number of halogens is 3. The monoisotopic (exact) mass is 264 g/mol. The lowest BCUT2D eigenvalue weighted by atomic mass is 10.2. The number of nitrogens with one attached hydrogen (secondary N) is 2. The third-order valence-electron chi connectivity index (χ3n) is 2.14. The normalized spacial score (nSPS) is 13.2. The molecule has 3 N–H and O–H groups in total. The fourth-order valence-electron chi connectivity index (χ4n) is 1.15.